The van der Waals surface area contributed by atoms with Crippen molar-refractivity contribution in [3.05, 3.63) is 105 Å². The number of nitrogens with one attached hydrogen (secondary N) is 1. The number of methoxy groups -OCH3 is 1. The summed E-state index contributed by atoms with van der Waals surface area (Å²) in [5.74, 6) is -0.0505. The highest BCUT2D eigenvalue weighted by Gasteiger charge is 2.43. The molecular formula is C24H20N2O4. The Bertz CT molecular complexity index is 1160. The van der Waals surface area contributed by atoms with Gasteiger partial charge in [0.05, 0.1) is 23.6 Å². The molecule has 0 saturated carbocycles. The predicted molar refractivity (Wildman–Crippen MR) is 113 cm³/mol. The van der Waals surface area contributed by atoms with Crippen LogP contribution in [0.1, 0.15) is 44.6 Å². The first kappa shape index (κ1) is 18.4. The molecule has 30 heavy (non-hydrogen) atoms. The molecular weight excluding hydrogens is 380 g/mol. The quantitative estimate of drug-likeness (QED) is 0.386. The fourth-order valence-corrected chi connectivity index (χ4v) is 4.94. The first-order valence-electron chi connectivity index (χ1n) is 9.88. The number of benzene rings is 3. The van der Waals surface area contributed by atoms with Crippen molar-refractivity contribution in [3.8, 4) is 0 Å². The number of anilines is 1. The summed E-state index contributed by atoms with van der Waals surface area (Å²) in [6.07, 6.45) is 0.888. The van der Waals surface area contributed by atoms with E-state index >= 15 is 0 Å². The van der Waals surface area contributed by atoms with E-state index in [1.54, 1.807) is 30.3 Å². The normalized spacial score (nSPS) is 21.0. The summed E-state index contributed by atoms with van der Waals surface area (Å²) in [5, 5.41) is 15.0. The molecule has 0 spiro atoms. The van der Waals surface area contributed by atoms with E-state index in [1.165, 1.54) is 18.2 Å². The highest BCUT2D eigenvalue weighted by molar-refractivity contribution is 5.89. The third-order valence-corrected chi connectivity index (χ3v) is 6.29. The minimum Gasteiger partial charge on any atom is -0.465 e. The maximum absolute atomic E-state index is 11.8. The number of hydrogen-bond donors (Lipinski definition) is 1. The Balaban J connectivity index is 1.61. The van der Waals surface area contributed by atoms with Gasteiger partial charge in [0.1, 0.15) is 0 Å². The van der Waals surface area contributed by atoms with Gasteiger partial charge in [0.2, 0.25) is 0 Å². The number of rotatable bonds is 3. The van der Waals surface area contributed by atoms with E-state index in [4.69, 9.17) is 4.74 Å². The van der Waals surface area contributed by atoms with Crippen LogP contribution >= 0.6 is 0 Å². The number of nitrogens with zero attached hydrogens (tertiary/aromatic N) is 1. The number of nitro benzene ring substituents is 1. The molecule has 0 bridgehead atoms. The van der Waals surface area contributed by atoms with Gasteiger partial charge in [-0.1, -0.05) is 36.4 Å². The Morgan fingerprint density at radius 1 is 1.07 bits per heavy atom. The zero-order valence-electron chi connectivity index (χ0n) is 16.4. The van der Waals surface area contributed by atoms with Crippen LogP contribution in [0.2, 0.25) is 0 Å². The summed E-state index contributed by atoms with van der Waals surface area (Å²) in [5.41, 5.74) is 6.11. The maximum Gasteiger partial charge on any atom is 0.337 e. The number of carbonyl (C=O) groups excluding carboxylic acids is 1. The first-order chi connectivity index (χ1) is 14.6. The van der Waals surface area contributed by atoms with Crippen LogP contribution in [0.4, 0.5) is 11.4 Å². The van der Waals surface area contributed by atoms with Crippen LogP contribution in [-0.4, -0.2) is 18.0 Å². The van der Waals surface area contributed by atoms with Crippen molar-refractivity contribution < 1.29 is 14.5 Å². The molecule has 6 nitrogen and oxygen atoms in total. The molecule has 0 fully saturated rings. The number of fused-ring (bicyclic) bond motifs is 5. The molecule has 1 aliphatic heterocycles. The zero-order chi connectivity index (χ0) is 20.8. The number of non-ortho nitro benzene ring substituents is 1. The summed E-state index contributed by atoms with van der Waals surface area (Å²) in [6, 6.07) is 20.9. The van der Waals surface area contributed by atoms with Crippen LogP contribution in [0, 0.1) is 16.0 Å². The van der Waals surface area contributed by atoms with Crippen molar-refractivity contribution in [1.82, 2.24) is 0 Å². The van der Waals surface area contributed by atoms with Gasteiger partial charge in [-0.3, -0.25) is 10.1 Å². The fraction of sp³-hybridized carbons (Fsp3) is 0.208. The van der Waals surface area contributed by atoms with Gasteiger partial charge in [-0.2, -0.15) is 0 Å². The van der Waals surface area contributed by atoms with E-state index in [0.29, 0.717) is 5.56 Å². The molecule has 0 aromatic heterocycles. The molecule has 1 N–H and O–H groups in total. The summed E-state index contributed by atoms with van der Waals surface area (Å²) in [6.45, 7) is 0. The lowest BCUT2D eigenvalue weighted by molar-refractivity contribution is -0.384. The van der Waals surface area contributed by atoms with E-state index in [9.17, 15) is 14.9 Å². The van der Waals surface area contributed by atoms with Crippen LogP contribution in [0.5, 0.6) is 0 Å². The largest absolute Gasteiger partial charge is 0.465 e. The van der Waals surface area contributed by atoms with Crippen molar-refractivity contribution in [2.24, 2.45) is 5.92 Å². The lowest BCUT2D eigenvalue weighted by Gasteiger charge is -2.38. The van der Waals surface area contributed by atoms with Gasteiger partial charge in [0, 0.05) is 23.7 Å². The van der Waals surface area contributed by atoms with Gasteiger partial charge in [-0.15, -0.1) is 0 Å². The molecule has 6 heteroatoms. The van der Waals surface area contributed by atoms with Crippen LogP contribution in [0.3, 0.4) is 0 Å². The molecule has 5 rings (SSSR count). The number of hydrogen-bond acceptors (Lipinski definition) is 5. The minimum absolute atomic E-state index is 0.0306. The van der Waals surface area contributed by atoms with Crippen molar-refractivity contribution in [1.29, 1.82) is 0 Å². The van der Waals surface area contributed by atoms with Gasteiger partial charge in [0.15, 0.2) is 0 Å². The molecule has 0 amide bonds. The van der Waals surface area contributed by atoms with Crippen LogP contribution in [-0.2, 0) is 11.2 Å². The SMILES string of the molecule is COC(=O)c1ccc([C@H]2Nc3ccc([N+](=O)[O-])cc3[C@@H]3c4ccccc4C[C@@H]32)cc1. The molecule has 0 saturated heterocycles. The maximum atomic E-state index is 11.8. The second-order valence-electron chi connectivity index (χ2n) is 7.81. The second-order valence-corrected chi connectivity index (χ2v) is 7.81. The molecule has 1 aliphatic carbocycles. The number of ether oxygens (including phenoxy) is 1. The van der Waals surface area contributed by atoms with E-state index in [2.05, 4.69) is 17.4 Å². The average molecular weight is 400 g/mol. The molecule has 0 unspecified atom stereocenters. The third kappa shape index (κ3) is 2.84. The molecule has 0 radical (unpaired) electrons. The van der Waals surface area contributed by atoms with Gasteiger partial charge >= 0.3 is 5.97 Å². The zero-order valence-corrected chi connectivity index (χ0v) is 16.4. The number of esters is 1. The van der Waals surface area contributed by atoms with Crippen LogP contribution < -0.4 is 5.32 Å². The van der Waals surface area contributed by atoms with E-state index in [0.717, 1.165) is 23.2 Å². The highest BCUT2D eigenvalue weighted by Crippen LogP contribution is 2.54. The van der Waals surface area contributed by atoms with E-state index in [1.807, 2.05) is 24.3 Å². The van der Waals surface area contributed by atoms with Gasteiger partial charge in [0.25, 0.3) is 5.69 Å². The van der Waals surface area contributed by atoms with Gasteiger partial charge in [-0.25, -0.2) is 4.79 Å². The van der Waals surface area contributed by atoms with E-state index < -0.39 is 0 Å². The highest BCUT2D eigenvalue weighted by atomic mass is 16.6. The van der Waals surface area contributed by atoms with Crippen molar-refractivity contribution in [2.75, 3.05) is 12.4 Å². The summed E-state index contributed by atoms with van der Waals surface area (Å²) < 4.78 is 4.80. The lowest BCUT2D eigenvalue weighted by Crippen LogP contribution is -2.30. The van der Waals surface area contributed by atoms with Gasteiger partial charge in [-0.05, 0) is 52.8 Å². The van der Waals surface area contributed by atoms with Crippen LogP contribution in [0.25, 0.3) is 0 Å². The topological polar surface area (TPSA) is 81.5 Å². The Morgan fingerprint density at radius 3 is 2.57 bits per heavy atom. The fourth-order valence-electron chi connectivity index (χ4n) is 4.94. The lowest BCUT2D eigenvalue weighted by atomic mass is 9.75. The smallest absolute Gasteiger partial charge is 0.337 e. The predicted octanol–water partition coefficient (Wildman–Crippen LogP) is 4.85. The van der Waals surface area contributed by atoms with Crippen molar-refractivity contribution in [2.45, 2.75) is 18.4 Å². The number of carbonyl (C=O) groups is 1. The first-order valence-corrected chi connectivity index (χ1v) is 9.88. The third-order valence-electron chi connectivity index (χ3n) is 6.29. The molecule has 3 aromatic rings. The van der Waals surface area contributed by atoms with Crippen molar-refractivity contribution in [3.63, 3.8) is 0 Å². The Morgan fingerprint density at radius 2 is 1.83 bits per heavy atom. The van der Waals surface area contributed by atoms with E-state index in [-0.39, 0.29) is 34.5 Å². The summed E-state index contributed by atoms with van der Waals surface area (Å²) >= 11 is 0. The standard InChI is InChI=1S/C24H20N2O4/c1-30-24(27)15-8-6-14(7-9-15)23-20-12-16-4-2-3-5-18(16)22(20)19-13-17(26(28)29)10-11-21(19)25-23/h2-11,13,20,22-23,25H,12H2,1H3/t20-,22-,23+/m0/s1. The molecule has 150 valence electrons. The monoisotopic (exact) mass is 400 g/mol. The molecule has 1 heterocycles. The second kappa shape index (κ2) is 6.99. The van der Waals surface area contributed by atoms with Crippen molar-refractivity contribution >= 4 is 17.3 Å². The molecule has 3 atom stereocenters. The Kier molecular flexibility index (Phi) is 4.28. The van der Waals surface area contributed by atoms with Gasteiger partial charge < -0.3 is 10.1 Å². The average Bonchev–Trinajstić information content (AvgIpc) is 3.17. The summed E-state index contributed by atoms with van der Waals surface area (Å²) in [4.78, 5) is 22.8. The molecule has 2 aliphatic rings. The molecule has 3 aromatic carbocycles. The Hall–Kier alpha value is -3.67. The van der Waals surface area contributed by atoms with Crippen LogP contribution in [0.15, 0.2) is 66.7 Å². The summed E-state index contributed by atoms with van der Waals surface area (Å²) in [7, 11) is 1.37. The minimum atomic E-state index is -0.359. The Labute approximate surface area is 173 Å². The number of nitro groups is 1.